The van der Waals surface area contributed by atoms with Gasteiger partial charge in [0.15, 0.2) is 0 Å². The predicted molar refractivity (Wildman–Crippen MR) is 127 cm³/mol. The maximum atomic E-state index is 5.75. The molecule has 1 N–H and O–H groups in total. The number of halogens is 1. The van der Waals surface area contributed by atoms with Crippen LogP contribution in [0.25, 0.3) is 10.9 Å². The number of hydrogen-bond donors (Lipinski definition) is 1. The lowest BCUT2D eigenvalue weighted by Crippen LogP contribution is -2.47. The number of nitrogens with one attached hydrogen (secondary N) is 1. The smallest absolute Gasteiger partial charge is 0.227 e. The van der Waals surface area contributed by atoms with E-state index < -0.39 is 0 Å². The standard InChI is InChI=1S/C23H29BrN6O/c1-2-30-13-16(10-26-30)4-3-7-25-22-20-6-5-19(24)9-21(20)27-23(28-22)29-11-17-8-18(12-29)15-31-14-17/h5-6,9-10,13,17-18H,2-4,7-8,11-12,14-15H2,1H3,(H,25,27,28). The summed E-state index contributed by atoms with van der Waals surface area (Å²) in [6.07, 6.45) is 7.39. The second-order valence-corrected chi connectivity index (χ2v) is 9.59. The van der Waals surface area contributed by atoms with Gasteiger partial charge in [0.1, 0.15) is 5.82 Å². The summed E-state index contributed by atoms with van der Waals surface area (Å²) in [6, 6.07) is 6.23. The predicted octanol–water partition coefficient (Wildman–Crippen LogP) is 4.13. The molecule has 8 heteroatoms. The highest BCUT2D eigenvalue weighted by Gasteiger charge is 2.32. The number of aromatic nitrogens is 4. The van der Waals surface area contributed by atoms with Crippen LogP contribution in [-0.4, -0.2) is 52.6 Å². The van der Waals surface area contributed by atoms with Crippen LogP contribution in [0.3, 0.4) is 0 Å². The second-order valence-electron chi connectivity index (χ2n) is 8.68. The molecule has 0 radical (unpaired) electrons. The fraction of sp³-hybridized carbons (Fsp3) is 0.522. The molecule has 2 aliphatic rings. The van der Waals surface area contributed by atoms with Crippen LogP contribution >= 0.6 is 15.9 Å². The SMILES string of the molecule is CCn1cc(CCCNc2nc(N3CC4COCC(C4)C3)nc3cc(Br)ccc23)cn1. The number of fused-ring (bicyclic) bond motifs is 3. The minimum Gasteiger partial charge on any atom is -0.381 e. The van der Waals surface area contributed by atoms with E-state index in [1.54, 1.807) is 0 Å². The molecule has 1 aromatic carbocycles. The molecule has 2 aliphatic heterocycles. The Labute approximate surface area is 191 Å². The number of rotatable bonds is 7. The van der Waals surface area contributed by atoms with Crippen LogP contribution in [0.2, 0.25) is 0 Å². The third-order valence-corrected chi connectivity index (χ3v) is 6.70. The van der Waals surface area contributed by atoms with Crippen molar-refractivity contribution < 1.29 is 4.74 Å². The summed E-state index contributed by atoms with van der Waals surface area (Å²) < 4.78 is 8.76. The third kappa shape index (κ3) is 4.70. The average Bonchev–Trinajstić information content (AvgIpc) is 3.24. The number of benzene rings is 1. The van der Waals surface area contributed by atoms with Crippen molar-refractivity contribution in [2.75, 3.05) is 43.1 Å². The molecule has 2 bridgehead atoms. The molecule has 31 heavy (non-hydrogen) atoms. The van der Waals surface area contributed by atoms with E-state index in [1.165, 1.54) is 12.0 Å². The first-order valence-electron chi connectivity index (χ1n) is 11.2. The van der Waals surface area contributed by atoms with Crippen LogP contribution < -0.4 is 10.2 Å². The van der Waals surface area contributed by atoms with Crippen molar-refractivity contribution in [3.05, 3.63) is 40.6 Å². The summed E-state index contributed by atoms with van der Waals surface area (Å²) in [6.45, 7) is 7.52. The zero-order valence-corrected chi connectivity index (χ0v) is 19.5. The molecule has 2 unspecified atom stereocenters. The van der Waals surface area contributed by atoms with Crippen molar-refractivity contribution in [2.24, 2.45) is 11.8 Å². The number of ether oxygens (including phenoxy) is 1. The lowest BCUT2D eigenvalue weighted by Gasteiger charge is -2.41. The van der Waals surface area contributed by atoms with Crippen LogP contribution in [0.5, 0.6) is 0 Å². The Morgan fingerprint density at radius 3 is 2.81 bits per heavy atom. The van der Waals surface area contributed by atoms with Gasteiger partial charge < -0.3 is 15.0 Å². The van der Waals surface area contributed by atoms with Crippen molar-refractivity contribution in [3.8, 4) is 0 Å². The first-order valence-corrected chi connectivity index (χ1v) is 12.0. The molecule has 0 amide bonds. The maximum Gasteiger partial charge on any atom is 0.227 e. The number of hydrogen-bond acceptors (Lipinski definition) is 6. The van der Waals surface area contributed by atoms with Crippen molar-refractivity contribution in [3.63, 3.8) is 0 Å². The molecule has 4 heterocycles. The molecule has 2 fully saturated rings. The zero-order chi connectivity index (χ0) is 21.2. The van der Waals surface area contributed by atoms with E-state index in [2.05, 4.69) is 62.6 Å². The molecular weight excluding hydrogens is 456 g/mol. The Balaban J connectivity index is 1.33. The maximum absolute atomic E-state index is 5.75. The summed E-state index contributed by atoms with van der Waals surface area (Å²) in [5.41, 5.74) is 2.25. The molecule has 2 atom stereocenters. The molecule has 0 spiro atoms. The van der Waals surface area contributed by atoms with Crippen LogP contribution in [0.1, 0.15) is 25.3 Å². The monoisotopic (exact) mass is 484 g/mol. The lowest BCUT2D eigenvalue weighted by atomic mass is 9.88. The van der Waals surface area contributed by atoms with Crippen molar-refractivity contribution in [2.45, 2.75) is 32.7 Å². The zero-order valence-electron chi connectivity index (χ0n) is 17.9. The quantitative estimate of drug-likeness (QED) is 0.508. The lowest BCUT2D eigenvalue weighted by molar-refractivity contribution is 0.00594. The van der Waals surface area contributed by atoms with E-state index in [0.29, 0.717) is 11.8 Å². The van der Waals surface area contributed by atoms with Crippen LogP contribution in [0.4, 0.5) is 11.8 Å². The largest absolute Gasteiger partial charge is 0.381 e. The van der Waals surface area contributed by atoms with Gasteiger partial charge in [0.05, 0.1) is 24.9 Å². The van der Waals surface area contributed by atoms with Gasteiger partial charge in [-0.2, -0.15) is 10.1 Å². The van der Waals surface area contributed by atoms with Gasteiger partial charge in [-0.15, -0.1) is 0 Å². The van der Waals surface area contributed by atoms with E-state index in [-0.39, 0.29) is 0 Å². The van der Waals surface area contributed by atoms with Crippen LogP contribution in [0, 0.1) is 11.8 Å². The molecule has 2 aromatic heterocycles. The molecule has 0 saturated carbocycles. The normalized spacial score (nSPS) is 20.9. The topological polar surface area (TPSA) is 68.1 Å². The van der Waals surface area contributed by atoms with Gasteiger partial charge in [-0.05, 0) is 49.9 Å². The second kappa shape index (κ2) is 9.12. The summed E-state index contributed by atoms with van der Waals surface area (Å²) in [5, 5.41) is 9.01. The summed E-state index contributed by atoms with van der Waals surface area (Å²) in [7, 11) is 0. The highest BCUT2D eigenvalue weighted by molar-refractivity contribution is 9.10. The van der Waals surface area contributed by atoms with Crippen molar-refractivity contribution in [1.29, 1.82) is 0 Å². The van der Waals surface area contributed by atoms with Crippen molar-refractivity contribution in [1.82, 2.24) is 19.7 Å². The minimum atomic E-state index is 0.578. The van der Waals surface area contributed by atoms with Gasteiger partial charge in [-0.3, -0.25) is 4.68 Å². The first-order chi connectivity index (χ1) is 15.2. The van der Waals surface area contributed by atoms with Gasteiger partial charge in [0.2, 0.25) is 5.95 Å². The van der Waals surface area contributed by atoms with E-state index in [9.17, 15) is 0 Å². The van der Waals surface area contributed by atoms with Crippen molar-refractivity contribution >= 4 is 38.6 Å². The Bertz CT molecular complexity index is 1040. The summed E-state index contributed by atoms with van der Waals surface area (Å²) >= 11 is 3.60. The molecule has 5 rings (SSSR count). The number of anilines is 2. The van der Waals surface area contributed by atoms with E-state index in [4.69, 9.17) is 14.7 Å². The van der Waals surface area contributed by atoms with Crippen LogP contribution in [0.15, 0.2) is 35.1 Å². The van der Waals surface area contributed by atoms with Gasteiger partial charge in [0, 0.05) is 54.1 Å². The fourth-order valence-electron chi connectivity index (χ4n) is 4.70. The molecule has 2 saturated heterocycles. The van der Waals surface area contributed by atoms with E-state index in [1.807, 2.05) is 10.9 Å². The molecule has 3 aromatic rings. The molecule has 7 nitrogen and oxygen atoms in total. The van der Waals surface area contributed by atoms with Gasteiger partial charge >= 0.3 is 0 Å². The van der Waals surface area contributed by atoms with Crippen LogP contribution in [-0.2, 0) is 17.7 Å². The Hall–Kier alpha value is -2.19. The Morgan fingerprint density at radius 1 is 1.19 bits per heavy atom. The highest BCUT2D eigenvalue weighted by atomic mass is 79.9. The highest BCUT2D eigenvalue weighted by Crippen LogP contribution is 2.31. The van der Waals surface area contributed by atoms with Gasteiger partial charge in [-0.25, -0.2) is 4.98 Å². The van der Waals surface area contributed by atoms with Gasteiger partial charge in [0.25, 0.3) is 0 Å². The average molecular weight is 485 g/mol. The number of aryl methyl sites for hydroxylation is 2. The fourth-order valence-corrected chi connectivity index (χ4v) is 5.05. The Morgan fingerprint density at radius 2 is 2.03 bits per heavy atom. The minimum absolute atomic E-state index is 0.578. The van der Waals surface area contributed by atoms with E-state index in [0.717, 1.165) is 79.4 Å². The Kier molecular flexibility index (Phi) is 6.09. The van der Waals surface area contributed by atoms with Gasteiger partial charge in [-0.1, -0.05) is 15.9 Å². The number of piperidine rings is 1. The summed E-state index contributed by atoms with van der Waals surface area (Å²) in [4.78, 5) is 12.3. The summed E-state index contributed by atoms with van der Waals surface area (Å²) in [5.74, 6) is 2.90. The number of nitrogens with zero attached hydrogens (tertiary/aromatic N) is 5. The first kappa shape index (κ1) is 20.7. The molecule has 0 aliphatic carbocycles. The molecule has 164 valence electrons. The third-order valence-electron chi connectivity index (χ3n) is 6.21. The van der Waals surface area contributed by atoms with E-state index >= 15 is 0 Å². The molecular formula is C23H29BrN6O.